The first kappa shape index (κ1) is 15.3. The van der Waals surface area contributed by atoms with Gasteiger partial charge >= 0.3 is 0 Å². The highest BCUT2D eigenvalue weighted by Crippen LogP contribution is 2.27. The molecule has 2 heterocycles. The molecule has 1 N–H and O–H groups in total. The summed E-state index contributed by atoms with van der Waals surface area (Å²) in [5, 5.41) is 3.49. The van der Waals surface area contributed by atoms with Crippen LogP contribution in [0.1, 0.15) is 46.5 Å². The summed E-state index contributed by atoms with van der Waals surface area (Å²) in [6.07, 6.45) is 5.07. The molecular formula is C14H28N2O2S. The molecule has 2 saturated heterocycles. The predicted molar refractivity (Wildman–Crippen MR) is 79.2 cm³/mol. The van der Waals surface area contributed by atoms with Gasteiger partial charge in [-0.05, 0) is 46.6 Å². The van der Waals surface area contributed by atoms with Crippen molar-refractivity contribution in [3.05, 3.63) is 0 Å². The van der Waals surface area contributed by atoms with Gasteiger partial charge in [0.2, 0.25) is 0 Å². The Morgan fingerprint density at radius 2 is 1.89 bits per heavy atom. The van der Waals surface area contributed by atoms with Crippen LogP contribution in [0.25, 0.3) is 0 Å². The Morgan fingerprint density at radius 1 is 1.16 bits per heavy atom. The van der Waals surface area contributed by atoms with Gasteiger partial charge in [0.1, 0.15) is 0 Å². The maximum Gasteiger partial charge on any atom is 0.156 e. The predicted octanol–water partition coefficient (Wildman–Crippen LogP) is 1.42. The first-order valence-corrected chi connectivity index (χ1v) is 9.16. The molecule has 4 nitrogen and oxygen atoms in total. The van der Waals surface area contributed by atoms with Crippen LogP contribution in [0, 0.1) is 0 Å². The summed E-state index contributed by atoms with van der Waals surface area (Å²) in [6, 6.07) is 1.14. The average molecular weight is 288 g/mol. The summed E-state index contributed by atoms with van der Waals surface area (Å²) in [6.45, 7) is 8.33. The van der Waals surface area contributed by atoms with Crippen molar-refractivity contribution in [3.8, 4) is 0 Å². The molecule has 112 valence electrons. The van der Waals surface area contributed by atoms with Crippen molar-refractivity contribution < 1.29 is 8.42 Å². The molecule has 0 amide bonds. The van der Waals surface area contributed by atoms with Crippen LogP contribution in [0.3, 0.4) is 0 Å². The van der Waals surface area contributed by atoms with E-state index in [4.69, 9.17) is 0 Å². The smallest absolute Gasteiger partial charge is 0.156 e. The molecule has 0 saturated carbocycles. The molecule has 0 aliphatic carbocycles. The molecule has 2 fully saturated rings. The molecule has 19 heavy (non-hydrogen) atoms. The zero-order chi connectivity index (χ0) is 14.1. The number of hydrogen-bond donors (Lipinski definition) is 1. The highest BCUT2D eigenvalue weighted by atomic mass is 32.2. The summed E-state index contributed by atoms with van der Waals surface area (Å²) in [5.41, 5.74) is 0. The number of nitrogens with zero attached hydrogens (tertiary/aromatic N) is 1. The third-order valence-corrected chi connectivity index (χ3v) is 7.17. The summed E-state index contributed by atoms with van der Waals surface area (Å²) < 4.78 is 23.5. The largest absolute Gasteiger partial charge is 0.311 e. The van der Waals surface area contributed by atoms with Crippen LogP contribution >= 0.6 is 0 Å². The van der Waals surface area contributed by atoms with Crippen molar-refractivity contribution >= 4 is 9.84 Å². The molecule has 2 rings (SSSR count). The number of piperidine rings is 1. The highest BCUT2D eigenvalue weighted by molar-refractivity contribution is 7.92. The van der Waals surface area contributed by atoms with Crippen molar-refractivity contribution in [2.45, 2.75) is 63.3 Å². The zero-order valence-corrected chi connectivity index (χ0v) is 13.3. The van der Waals surface area contributed by atoms with Gasteiger partial charge in [-0.15, -0.1) is 0 Å². The lowest BCUT2D eigenvalue weighted by atomic mass is 9.99. The van der Waals surface area contributed by atoms with Crippen molar-refractivity contribution in [1.29, 1.82) is 0 Å². The summed E-state index contributed by atoms with van der Waals surface area (Å²) in [5.74, 6) is 0.250. The van der Waals surface area contributed by atoms with Crippen LogP contribution in [0.15, 0.2) is 0 Å². The molecular weight excluding hydrogens is 260 g/mol. The lowest BCUT2D eigenvalue weighted by Gasteiger charge is -2.32. The zero-order valence-electron chi connectivity index (χ0n) is 12.5. The summed E-state index contributed by atoms with van der Waals surface area (Å²) >= 11 is 0. The van der Waals surface area contributed by atoms with E-state index in [1.54, 1.807) is 20.8 Å². The quantitative estimate of drug-likeness (QED) is 0.850. The molecule has 0 bridgehead atoms. The Kier molecular flexibility index (Phi) is 4.58. The van der Waals surface area contributed by atoms with Crippen molar-refractivity contribution in [1.82, 2.24) is 10.2 Å². The maximum absolute atomic E-state index is 12.1. The molecule has 0 aromatic rings. The van der Waals surface area contributed by atoms with Gasteiger partial charge < -0.3 is 5.32 Å². The van der Waals surface area contributed by atoms with E-state index in [2.05, 4.69) is 10.2 Å². The van der Waals surface area contributed by atoms with Gasteiger partial charge in [0.25, 0.3) is 0 Å². The monoisotopic (exact) mass is 288 g/mol. The van der Waals surface area contributed by atoms with Gasteiger partial charge in [-0.25, -0.2) is 8.42 Å². The lowest BCUT2D eigenvalue weighted by molar-refractivity contribution is 0.181. The van der Waals surface area contributed by atoms with Gasteiger partial charge in [-0.2, -0.15) is 0 Å². The fraction of sp³-hybridized carbons (Fsp3) is 1.00. The van der Waals surface area contributed by atoms with Crippen LogP contribution < -0.4 is 5.32 Å². The van der Waals surface area contributed by atoms with E-state index < -0.39 is 14.6 Å². The van der Waals surface area contributed by atoms with Gasteiger partial charge in [0, 0.05) is 25.2 Å². The van der Waals surface area contributed by atoms with Crippen LogP contribution in [-0.2, 0) is 9.84 Å². The molecule has 2 unspecified atom stereocenters. The van der Waals surface area contributed by atoms with Crippen LogP contribution in [-0.4, -0.2) is 55.5 Å². The Balaban J connectivity index is 1.81. The fourth-order valence-electron chi connectivity index (χ4n) is 3.17. The summed E-state index contributed by atoms with van der Waals surface area (Å²) in [4.78, 5) is 2.57. The van der Waals surface area contributed by atoms with Gasteiger partial charge in [-0.1, -0.05) is 6.42 Å². The van der Waals surface area contributed by atoms with Gasteiger partial charge in [-0.3, -0.25) is 4.90 Å². The van der Waals surface area contributed by atoms with E-state index >= 15 is 0 Å². The SMILES string of the molecule is CC(C)(C)S(=O)(=O)CCNC1CCN2CCCCC12. The van der Waals surface area contributed by atoms with Gasteiger partial charge in [0.05, 0.1) is 10.5 Å². The first-order valence-electron chi connectivity index (χ1n) is 7.51. The van der Waals surface area contributed by atoms with Crippen molar-refractivity contribution in [3.63, 3.8) is 0 Å². The number of nitrogens with one attached hydrogen (secondary N) is 1. The van der Waals surface area contributed by atoms with Crippen LogP contribution in [0.4, 0.5) is 0 Å². The summed E-state index contributed by atoms with van der Waals surface area (Å²) in [7, 11) is -2.99. The third-order valence-electron chi connectivity index (χ3n) is 4.57. The molecule has 2 aliphatic heterocycles. The van der Waals surface area contributed by atoms with Crippen LogP contribution in [0.5, 0.6) is 0 Å². The first-order chi connectivity index (χ1) is 8.81. The van der Waals surface area contributed by atoms with E-state index in [0.717, 1.165) is 0 Å². The minimum Gasteiger partial charge on any atom is -0.311 e. The fourth-order valence-corrected chi connectivity index (χ4v) is 4.17. The van der Waals surface area contributed by atoms with E-state index in [1.807, 2.05) is 0 Å². The Hall–Kier alpha value is -0.130. The number of rotatable bonds is 4. The minimum absolute atomic E-state index is 0.250. The van der Waals surface area contributed by atoms with E-state index in [9.17, 15) is 8.42 Å². The van der Waals surface area contributed by atoms with E-state index in [1.165, 1.54) is 38.8 Å². The standard InChI is InChI=1S/C14H28N2O2S/c1-14(2,3)19(17,18)11-8-15-12-7-10-16-9-5-4-6-13(12)16/h12-13,15H,4-11H2,1-3H3. The minimum atomic E-state index is -2.99. The Labute approximate surface area is 117 Å². The number of sulfone groups is 1. The molecule has 0 aromatic heterocycles. The second-order valence-corrected chi connectivity index (χ2v) is 9.74. The van der Waals surface area contributed by atoms with Crippen molar-refractivity contribution in [2.24, 2.45) is 0 Å². The normalized spacial score (nSPS) is 29.4. The number of hydrogen-bond acceptors (Lipinski definition) is 4. The average Bonchev–Trinajstić information content (AvgIpc) is 2.71. The number of fused-ring (bicyclic) bond motifs is 1. The second kappa shape index (κ2) is 5.70. The van der Waals surface area contributed by atoms with Crippen molar-refractivity contribution in [2.75, 3.05) is 25.4 Å². The highest BCUT2D eigenvalue weighted by Gasteiger charge is 2.35. The molecule has 5 heteroatoms. The maximum atomic E-state index is 12.1. The molecule has 0 spiro atoms. The molecule has 2 atom stereocenters. The molecule has 2 aliphatic rings. The van der Waals surface area contributed by atoms with E-state index in [-0.39, 0.29) is 5.75 Å². The van der Waals surface area contributed by atoms with Crippen LogP contribution in [0.2, 0.25) is 0 Å². The topological polar surface area (TPSA) is 49.4 Å². The van der Waals surface area contributed by atoms with Gasteiger partial charge in [0.15, 0.2) is 9.84 Å². The van der Waals surface area contributed by atoms with E-state index in [0.29, 0.717) is 18.6 Å². The Bertz CT molecular complexity index is 400. The third kappa shape index (κ3) is 3.50. The Morgan fingerprint density at radius 3 is 2.58 bits per heavy atom. The lowest BCUT2D eigenvalue weighted by Crippen LogP contribution is -2.46. The second-order valence-electron chi connectivity index (χ2n) is 6.88. The molecule has 0 radical (unpaired) electrons. The molecule has 0 aromatic carbocycles.